The van der Waals surface area contributed by atoms with Crippen LogP contribution in [-0.2, 0) is 4.79 Å². The highest BCUT2D eigenvalue weighted by molar-refractivity contribution is 5.95. The van der Waals surface area contributed by atoms with Crippen LogP contribution in [0.3, 0.4) is 0 Å². The Kier molecular flexibility index (Phi) is 4.67. The number of carbonyl (C=O) groups is 1. The van der Waals surface area contributed by atoms with Crippen molar-refractivity contribution < 1.29 is 15.0 Å². The van der Waals surface area contributed by atoms with E-state index < -0.39 is 12.2 Å². The molecule has 30 heavy (non-hydrogen) atoms. The molecule has 4 atom stereocenters. The number of nitrogens with one attached hydrogen (secondary N) is 1. The summed E-state index contributed by atoms with van der Waals surface area (Å²) in [7, 11) is 0. The second-order valence-electron chi connectivity index (χ2n) is 8.27. The van der Waals surface area contributed by atoms with Crippen LogP contribution in [0.25, 0.3) is 16.9 Å². The number of aliphatic hydroxyl groups is 2. The summed E-state index contributed by atoms with van der Waals surface area (Å²) in [6, 6.07) is 11.3. The number of fused-ring (bicyclic) bond motifs is 1. The molecular weight excluding hydrogens is 382 g/mol. The molecule has 0 bridgehead atoms. The molecule has 1 aromatic carbocycles. The molecular formula is C22H25N5O3. The fraction of sp³-hybridized carbons (Fsp3) is 0.409. The Morgan fingerprint density at radius 2 is 2.03 bits per heavy atom. The van der Waals surface area contributed by atoms with Crippen LogP contribution in [0.5, 0.6) is 0 Å². The first-order valence-corrected chi connectivity index (χ1v) is 10.4. The lowest BCUT2D eigenvalue weighted by Gasteiger charge is -2.19. The van der Waals surface area contributed by atoms with E-state index in [9.17, 15) is 15.0 Å². The second-order valence-corrected chi connectivity index (χ2v) is 8.27. The van der Waals surface area contributed by atoms with E-state index >= 15 is 0 Å². The lowest BCUT2D eigenvalue weighted by molar-refractivity contribution is -0.117. The first kappa shape index (κ1) is 19.0. The molecule has 1 aliphatic heterocycles. The number of benzene rings is 1. The van der Waals surface area contributed by atoms with Crippen LogP contribution in [0, 0.1) is 5.92 Å². The Morgan fingerprint density at radius 1 is 1.17 bits per heavy atom. The van der Waals surface area contributed by atoms with Gasteiger partial charge in [-0.1, -0.05) is 19.1 Å². The highest BCUT2D eigenvalue weighted by Crippen LogP contribution is 2.30. The topological polar surface area (TPSA) is 103 Å². The number of aliphatic hydroxyl groups excluding tert-OH is 2. The molecule has 0 radical (unpaired) electrons. The molecule has 3 aromatic rings. The fourth-order valence-corrected chi connectivity index (χ4v) is 4.49. The summed E-state index contributed by atoms with van der Waals surface area (Å²) in [5.74, 6) is 0.892. The summed E-state index contributed by atoms with van der Waals surface area (Å²) in [5, 5.41) is 28.4. The molecule has 3 heterocycles. The summed E-state index contributed by atoms with van der Waals surface area (Å²) >= 11 is 0. The molecule has 0 unspecified atom stereocenters. The quantitative estimate of drug-likeness (QED) is 0.612. The highest BCUT2D eigenvalue weighted by atomic mass is 16.3. The van der Waals surface area contributed by atoms with Crippen LogP contribution in [0.2, 0.25) is 0 Å². The molecule has 8 heteroatoms. The minimum Gasteiger partial charge on any atom is -0.390 e. The smallest absolute Gasteiger partial charge is 0.227 e. The molecule has 1 aliphatic carbocycles. The molecule has 3 N–H and O–H groups in total. The molecule has 1 amide bonds. The van der Waals surface area contributed by atoms with Gasteiger partial charge in [0, 0.05) is 36.5 Å². The number of hydrogen-bond acceptors (Lipinski definition) is 6. The zero-order valence-electron chi connectivity index (χ0n) is 16.8. The van der Waals surface area contributed by atoms with E-state index in [0.29, 0.717) is 24.3 Å². The number of anilines is 2. The first-order valence-electron chi connectivity index (χ1n) is 10.4. The summed E-state index contributed by atoms with van der Waals surface area (Å²) in [6.45, 7) is 2.68. The normalized spacial score (nSPS) is 26.6. The van der Waals surface area contributed by atoms with Crippen LogP contribution in [0.4, 0.5) is 11.5 Å². The van der Waals surface area contributed by atoms with E-state index in [2.05, 4.69) is 10.3 Å². The van der Waals surface area contributed by atoms with Gasteiger partial charge in [-0.25, -0.2) is 4.98 Å². The number of carbonyl (C=O) groups excluding carboxylic acids is 1. The molecule has 1 saturated heterocycles. The average molecular weight is 407 g/mol. The number of amides is 1. The lowest BCUT2D eigenvalue weighted by Crippen LogP contribution is -2.35. The van der Waals surface area contributed by atoms with Gasteiger partial charge >= 0.3 is 0 Å². The van der Waals surface area contributed by atoms with Crippen LogP contribution in [-0.4, -0.2) is 55.5 Å². The van der Waals surface area contributed by atoms with Gasteiger partial charge in [0.2, 0.25) is 5.91 Å². The molecule has 0 spiro atoms. The van der Waals surface area contributed by atoms with Gasteiger partial charge in [-0.05, 0) is 37.0 Å². The van der Waals surface area contributed by atoms with E-state index in [4.69, 9.17) is 5.10 Å². The Bertz CT molecular complexity index is 1100. The molecule has 2 aliphatic rings. The first-order chi connectivity index (χ1) is 14.5. The third kappa shape index (κ3) is 3.22. The number of rotatable bonds is 4. The van der Waals surface area contributed by atoms with Crippen molar-refractivity contribution in [2.45, 2.75) is 44.4 Å². The minimum absolute atomic E-state index is 0.0269. The Hall–Kier alpha value is -2.97. The average Bonchev–Trinajstić information content (AvgIpc) is 3.44. The van der Waals surface area contributed by atoms with E-state index in [-0.39, 0.29) is 17.9 Å². The Balaban J connectivity index is 1.46. The van der Waals surface area contributed by atoms with E-state index in [1.54, 1.807) is 10.7 Å². The Morgan fingerprint density at radius 3 is 2.77 bits per heavy atom. The van der Waals surface area contributed by atoms with E-state index in [0.717, 1.165) is 29.9 Å². The summed E-state index contributed by atoms with van der Waals surface area (Å²) in [5.41, 5.74) is 3.23. The van der Waals surface area contributed by atoms with Crippen molar-refractivity contribution in [3.63, 3.8) is 0 Å². The lowest BCUT2D eigenvalue weighted by atomic mass is 10.1. The molecule has 1 saturated carbocycles. The maximum absolute atomic E-state index is 12.1. The van der Waals surface area contributed by atoms with Crippen molar-refractivity contribution >= 4 is 23.1 Å². The van der Waals surface area contributed by atoms with Gasteiger partial charge in [-0.3, -0.25) is 4.79 Å². The Labute approximate surface area is 174 Å². The third-order valence-corrected chi connectivity index (χ3v) is 6.19. The van der Waals surface area contributed by atoms with Crippen LogP contribution >= 0.6 is 0 Å². The van der Waals surface area contributed by atoms with Crippen molar-refractivity contribution in [3.05, 3.63) is 42.6 Å². The summed E-state index contributed by atoms with van der Waals surface area (Å²) in [4.78, 5) is 18.3. The van der Waals surface area contributed by atoms with Gasteiger partial charge in [0.1, 0.15) is 11.9 Å². The van der Waals surface area contributed by atoms with Crippen molar-refractivity contribution in [1.29, 1.82) is 0 Å². The van der Waals surface area contributed by atoms with Gasteiger partial charge in [0.25, 0.3) is 0 Å². The maximum Gasteiger partial charge on any atom is 0.227 e. The van der Waals surface area contributed by atoms with Crippen LogP contribution in [0.1, 0.15) is 26.2 Å². The zero-order valence-corrected chi connectivity index (χ0v) is 16.8. The van der Waals surface area contributed by atoms with Gasteiger partial charge in [-0.2, -0.15) is 9.61 Å². The molecule has 2 fully saturated rings. The predicted octanol–water partition coefficient (Wildman–Crippen LogP) is 2.07. The van der Waals surface area contributed by atoms with Crippen molar-refractivity contribution in [1.82, 2.24) is 14.6 Å². The molecule has 8 nitrogen and oxygen atoms in total. The van der Waals surface area contributed by atoms with E-state index in [1.165, 1.54) is 0 Å². The number of aromatic nitrogens is 3. The van der Waals surface area contributed by atoms with Gasteiger partial charge in [-0.15, -0.1) is 0 Å². The molecule has 5 rings (SSSR count). The molecule has 156 valence electrons. The van der Waals surface area contributed by atoms with Crippen molar-refractivity contribution in [2.75, 3.05) is 16.8 Å². The largest absolute Gasteiger partial charge is 0.390 e. The third-order valence-electron chi connectivity index (χ3n) is 6.19. The van der Waals surface area contributed by atoms with Gasteiger partial charge in [0.15, 0.2) is 5.65 Å². The van der Waals surface area contributed by atoms with Crippen molar-refractivity contribution in [2.24, 2.45) is 5.92 Å². The van der Waals surface area contributed by atoms with Crippen LogP contribution < -0.4 is 10.2 Å². The highest BCUT2D eigenvalue weighted by Gasteiger charge is 2.39. The monoisotopic (exact) mass is 407 g/mol. The SMILES string of the molecule is C[C@@H]1C[C@@H](Nc2ccnc3cc(-c4cccc(N5CCCC5=O)c4)nn23)[C@H](O)[C@@H]1O. The zero-order chi connectivity index (χ0) is 20.8. The standard InChI is InChI=1S/C22H25N5O3/c1-13-10-17(22(30)21(13)29)24-18-7-8-23-19-12-16(25-27(18)19)14-4-2-5-15(11-14)26-9-3-6-20(26)28/h2,4-5,7-8,11-13,17,21-22,24,29-30H,3,6,9-10H2,1H3/t13-,17-,21-,22+/m1/s1. The fourth-order valence-electron chi connectivity index (χ4n) is 4.49. The van der Waals surface area contributed by atoms with E-state index in [1.807, 2.05) is 48.2 Å². The predicted molar refractivity (Wildman–Crippen MR) is 113 cm³/mol. The minimum atomic E-state index is -0.826. The number of hydrogen-bond donors (Lipinski definition) is 3. The van der Waals surface area contributed by atoms with Gasteiger partial charge < -0.3 is 20.4 Å². The second kappa shape index (κ2) is 7.37. The van der Waals surface area contributed by atoms with Crippen LogP contribution in [0.15, 0.2) is 42.6 Å². The van der Waals surface area contributed by atoms with Gasteiger partial charge in [0.05, 0.1) is 17.8 Å². The maximum atomic E-state index is 12.1. The van der Waals surface area contributed by atoms with Crippen molar-refractivity contribution in [3.8, 4) is 11.3 Å². The summed E-state index contributed by atoms with van der Waals surface area (Å²) < 4.78 is 1.71. The molecule has 2 aromatic heterocycles. The summed E-state index contributed by atoms with van der Waals surface area (Å²) in [6.07, 6.45) is 2.29. The number of nitrogens with zero attached hydrogens (tertiary/aromatic N) is 4.